The van der Waals surface area contributed by atoms with Crippen molar-refractivity contribution in [2.75, 3.05) is 5.75 Å². The van der Waals surface area contributed by atoms with Gasteiger partial charge in [-0.25, -0.2) is 4.68 Å². The van der Waals surface area contributed by atoms with Crippen LogP contribution < -0.4 is 0 Å². The summed E-state index contributed by atoms with van der Waals surface area (Å²) in [7, 11) is 1.82. The number of aldehydes is 1. The molecule has 0 spiro atoms. The van der Waals surface area contributed by atoms with Crippen molar-refractivity contribution < 1.29 is 4.79 Å². The van der Waals surface area contributed by atoms with E-state index in [2.05, 4.69) is 27.7 Å². The van der Waals surface area contributed by atoms with Gasteiger partial charge in [-0.2, -0.15) is 0 Å². The van der Waals surface area contributed by atoms with E-state index in [0.29, 0.717) is 12.3 Å². The fourth-order valence-electron chi connectivity index (χ4n) is 1.96. The third kappa shape index (κ3) is 4.45. The number of tetrazole rings is 1. The van der Waals surface area contributed by atoms with Gasteiger partial charge >= 0.3 is 0 Å². The lowest BCUT2D eigenvalue weighted by Crippen LogP contribution is -2.07. The standard InChI is InChI=1S/C14H18N4OS/c1-18-14(15-16-17-18)20-11-13(9-10-19)8-7-12-5-3-2-4-6-12/h2-6,10,13H,7-9,11H2,1H3. The summed E-state index contributed by atoms with van der Waals surface area (Å²) in [5.41, 5.74) is 1.31. The molecule has 6 heteroatoms. The summed E-state index contributed by atoms with van der Waals surface area (Å²) in [4.78, 5) is 10.8. The maximum atomic E-state index is 10.8. The van der Waals surface area contributed by atoms with Gasteiger partial charge in [0.25, 0.3) is 0 Å². The molecule has 1 aromatic heterocycles. The lowest BCUT2D eigenvalue weighted by molar-refractivity contribution is -0.108. The van der Waals surface area contributed by atoms with E-state index >= 15 is 0 Å². The van der Waals surface area contributed by atoms with Crippen LogP contribution in [0, 0.1) is 5.92 Å². The number of thioether (sulfide) groups is 1. The number of benzene rings is 1. The molecular weight excluding hydrogens is 272 g/mol. The van der Waals surface area contributed by atoms with Crippen LogP contribution in [0.15, 0.2) is 35.5 Å². The first kappa shape index (κ1) is 14.7. The molecule has 1 heterocycles. The van der Waals surface area contributed by atoms with E-state index in [9.17, 15) is 4.79 Å². The average Bonchev–Trinajstić information content (AvgIpc) is 2.88. The first-order valence-corrected chi connectivity index (χ1v) is 7.61. The highest BCUT2D eigenvalue weighted by molar-refractivity contribution is 7.99. The van der Waals surface area contributed by atoms with E-state index in [1.165, 1.54) is 5.56 Å². The lowest BCUT2D eigenvalue weighted by Gasteiger charge is -2.13. The molecule has 2 rings (SSSR count). The third-order valence-electron chi connectivity index (χ3n) is 3.14. The predicted octanol–water partition coefficient (Wildman–Crippen LogP) is 2.14. The van der Waals surface area contributed by atoms with Gasteiger partial charge in [-0.15, -0.1) is 5.10 Å². The molecule has 106 valence electrons. The molecule has 1 unspecified atom stereocenters. The number of rotatable bonds is 8. The quantitative estimate of drug-likeness (QED) is 0.550. The Bertz CT molecular complexity index is 529. The van der Waals surface area contributed by atoms with Crippen molar-refractivity contribution in [3.05, 3.63) is 35.9 Å². The Kier molecular flexibility index (Phi) is 5.73. The van der Waals surface area contributed by atoms with E-state index in [1.807, 2.05) is 25.2 Å². The first-order chi connectivity index (χ1) is 9.79. The van der Waals surface area contributed by atoms with E-state index in [0.717, 1.165) is 30.0 Å². The Morgan fingerprint density at radius 2 is 2.15 bits per heavy atom. The van der Waals surface area contributed by atoms with E-state index in [4.69, 9.17) is 0 Å². The second kappa shape index (κ2) is 7.79. The Labute approximate surface area is 122 Å². The SMILES string of the molecule is Cn1nnnc1SCC(CC=O)CCc1ccccc1. The van der Waals surface area contributed by atoms with Crippen molar-refractivity contribution >= 4 is 18.0 Å². The molecule has 0 aliphatic heterocycles. The summed E-state index contributed by atoms with van der Waals surface area (Å²) in [5, 5.41) is 12.1. The molecule has 2 aromatic rings. The molecule has 0 amide bonds. The van der Waals surface area contributed by atoms with Crippen LogP contribution in [0.3, 0.4) is 0 Å². The molecule has 0 bridgehead atoms. The molecule has 0 aliphatic carbocycles. The number of carbonyl (C=O) groups is 1. The zero-order chi connectivity index (χ0) is 14.2. The summed E-state index contributed by atoms with van der Waals surface area (Å²) >= 11 is 1.60. The van der Waals surface area contributed by atoms with Gasteiger partial charge in [0, 0.05) is 19.2 Å². The Morgan fingerprint density at radius 1 is 1.35 bits per heavy atom. The predicted molar refractivity (Wildman–Crippen MR) is 78.5 cm³/mol. The van der Waals surface area contributed by atoms with Gasteiger partial charge in [-0.05, 0) is 34.7 Å². The van der Waals surface area contributed by atoms with Crippen LogP contribution in [0.2, 0.25) is 0 Å². The maximum absolute atomic E-state index is 10.8. The van der Waals surface area contributed by atoms with Gasteiger partial charge in [0.15, 0.2) is 0 Å². The molecule has 5 nitrogen and oxygen atoms in total. The zero-order valence-corrected chi connectivity index (χ0v) is 12.3. The minimum Gasteiger partial charge on any atom is -0.303 e. The van der Waals surface area contributed by atoms with Crippen molar-refractivity contribution in [1.29, 1.82) is 0 Å². The van der Waals surface area contributed by atoms with Crippen LogP contribution in [-0.4, -0.2) is 32.2 Å². The van der Waals surface area contributed by atoms with Crippen LogP contribution in [0.1, 0.15) is 18.4 Å². The van der Waals surface area contributed by atoms with Crippen LogP contribution in [-0.2, 0) is 18.3 Å². The smallest absolute Gasteiger partial charge is 0.209 e. The Balaban J connectivity index is 1.84. The number of hydrogen-bond donors (Lipinski definition) is 0. The van der Waals surface area contributed by atoms with Gasteiger partial charge in [-0.1, -0.05) is 42.1 Å². The monoisotopic (exact) mass is 290 g/mol. The molecule has 0 aliphatic rings. The summed E-state index contributed by atoms with van der Waals surface area (Å²) in [6, 6.07) is 10.4. The van der Waals surface area contributed by atoms with Crippen LogP contribution in [0.4, 0.5) is 0 Å². The minimum atomic E-state index is 0.356. The third-order valence-corrected chi connectivity index (χ3v) is 4.39. The number of nitrogens with zero attached hydrogens (tertiary/aromatic N) is 4. The first-order valence-electron chi connectivity index (χ1n) is 6.62. The van der Waals surface area contributed by atoms with Crippen LogP contribution >= 0.6 is 11.8 Å². The lowest BCUT2D eigenvalue weighted by atomic mass is 9.99. The molecule has 1 atom stereocenters. The van der Waals surface area contributed by atoms with E-state index in [1.54, 1.807) is 16.4 Å². The van der Waals surface area contributed by atoms with Crippen molar-refractivity contribution in [2.24, 2.45) is 13.0 Å². The largest absolute Gasteiger partial charge is 0.303 e. The summed E-state index contributed by atoms with van der Waals surface area (Å²) in [6.45, 7) is 0. The number of carbonyl (C=O) groups excluding carboxylic acids is 1. The number of hydrogen-bond acceptors (Lipinski definition) is 5. The van der Waals surface area contributed by atoms with Gasteiger partial charge in [-0.3, -0.25) is 0 Å². The zero-order valence-electron chi connectivity index (χ0n) is 11.5. The minimum absolute atomic E-state index is 0.356. The summed E-state index contributed by atoms with van der Waals surface area (Å²) in [6.07, 6.45) is 3.59. The topological polar surface area (TPSA) is 60.7 Å². The second-order valence-corrected chi connectivity index (χ2v) is 5.68. The highest BCUT2D eigenvalue weighted by Gasteiger charge is 2.12. The number of aromatic nitrogens is 4. The van der Waals surface area contributed by atoms with Crippen LogP contribution in [0.25, 0.3) is 0 Å². The van der Waals surface area contributed by atoms with Crippen molar-refractivity contribution in [1.82, 2.24) is 20.2 Å². The van der Waals surface area contributed by atoms with Gasteiger partial charge in [0.05, 0.1) is 0 Å². The normalized spacial score (nSPS) is 12.2. The van der Waals surface area contributed by atoms with Crippen molar-refractivity contribution in [3.8, 4) is 0 Å². The fraction of sp³-hybridized carbons (Fsp3) is 0.429. The second-order valence-electron chi connectivity index (χ2n) is 4.69. The van der Waals surface area contributed by atoms with E-state index < -0.39 is 0 Å². The Morgan fingerprint density at radius 3 is 2.80 bits per heavy atom. The van der Waals surface area contributed by atoms with Crippen molar-refractivity contribution in [2.45, 2.75) is 24.4 Å². The molecule has 0 N–H and O–H groups in total. The number of aryl methyl sites for hydroxylation is 2. The molecule has 0 radical (unpaired) electrons. The highest BCUT2D eigenvalue weighted by Crippen LogP contribution is 2.22. The molecule has 0 saturated heterocycles. The molecule has 0 fully saturated rings. The summed E-state index contributed by atoms with van der Waals surface area (Å²) < 4.78 is 1.65. The molecular formula is C14H18N4OS. The summed E-state index contributed by atoms with van der Waals surface area (Å²) in [5.74, 6) is 1.22. The Hall–Kier alpha value is -1.69. The van der Waals surface area contributed by atoms with E-state index in [-0.39, 0.29) is 0 Å². The molecule has 1 aromatic carbocycles. The van der Waals surface area contributed by atoms with Crippen LogP contribution in [0.5, 0.6) is 0 Å². The van der Waals surface area contributed by atoms with Gasteiger partial charge in [0.2, 0.25) is 5.16 Å². The fourth-order valence-corrected chi connectivity index (χ4v) is 2.96. The van der Waals surface area contributed by atoms with Crippen molar-refractivity contribution in [3.63, 3.8) is 0 Å². The average molecular weight is 290 g/mol. The van der Waals surface area contributed by atoms with Gasteiger partial charge < -0.3 is 4.79 Å². The highest BCUT2D eigenvalue weighted by atomic mass is 32.2. The maximum Gasteiger partial charge on any atom is 0.209 e. The molecule has 0 saturated carbocycles. The molecule has 20 heavy (non-hydrogen) atoms. The van der Waals surface area contributed by atoms with Gasteiger partial charge in [0.1, 0.15) is 6.29 Å².